The molecule has 2 aromatic carbocycles. The number of carbonyl (C=O) groups excluding carboxylic acids is 3. The van der Waals surface area contributed by atoms with E-state index in [4.69, 9.17) is 4.74 Å². The Labute approximate surface area is 189 Å². The Hall–Kier alpha value is -3.13. The Kier molecular flexibility index (Phi) is 7.35. The summed E-state index contributed by atoms with van der Waals surface area (Å²) in [4.78, 5) is 37.4. The molecule has 2 aromatic rings. The zero-order valence-electron chi connectivity index (χ0n) is 19.0. The Morgan fingerprint density at radius 2 is 1.75 bits per heavy atom. The van der Waals surface area contributed by atoms with E-state index in [1.165, 1.54) is 5.19 Å². The Morgan fingerprint density at radius 1 is 1.09 bits per heavy atom. The number of amides is 3. The van der Waals surface area contributed by atoms with Gasteiger partial charge in [-0.15, -0.1) is 0 Å². The van der Waals surface area contributed by atoms with Crippen molar-refractivity contribution in [2.24, 2.45) is 5.92 Å². The third kappa shape index (κ3) is 5.97. The van der Waals surface area contributed by atoms with E-state index in [1.807, 2.05) is 31.2 Å². The van der Waals surface area contributed by atoms with Crippen LogP contribution in [0.15, 0.2) is 48.5 Å². The monoisotopic (exact) mass is 453 g/mol. The third-order valence-corrected chi connectivity index (χ3v) is 7.51. The van der Waals surface area contributed by atoms with Crippen molar-refractivity contribution in [3.05, 3.63) is 54.1 Å². The number of carbonyl (C=O) groups is 3. The molecular formula is C24H31N3O4Si. The molecule has 7 nitrogen and oxygen atoms in total. The van der Waals surface area contributed by atoms with Gasteiger partial charge in [0.25, 0.3) is 5.91 Å². The van der Waals surface area contributed by atoms with Gasteiger partial charge in [0.05, 0.1) is 20.6 Å². The molecule has 170 valence electrons. The van der Waals surface area contributed by atoms with E-state index in [1.54, 1.807) is 24.3 Å². The fourth-order valence-electron chi connectivity index (χ4n) is 3.54. The van der Waals surface area contributed by atoms with E-state index in [0.717, 1.165) is 0 Å². The minimum atomic E-state index is -1.44. The minimum Gasteiger partial charge on any atom is -0.494 e. The van der Waals surface area contributed by atoms with Crippen LogP contribution in [0.3, 0.4) is 0 Å². The molecule has 3 rings (SSSR count). The number of rotatable bonds is 8. The second-order valence-electron chi connectivity index (χ2n) is 8.97. The summed E-state index contributed by atoms with van der Waals surface area (Å²) in [5.74, 6) is -0.632. The summed E-state index contributed by atoms with van der Waals surface area (Å²) in [6, 6.07) is 14.0. The van der Waals surface area contributed by atoms with Gasteiger partial charge in [0.2, 0.25) is 11.8 Å². The number of hydrogen-bond acceptors (Lipinski definition) is 4. The summed E-state index contributed by atoms with van der Waals surface area (Å²) < 4.78 is 5.48. The molecule has 3 N–H and O–H groups in total. The smallest absolute Gasteiger partial charge is 0.251 e. The van der Waals surface area contributed by atoms with Crippen molar-refractivity contribution < 1.29 is 19.1 Å². The lowest BCUT2D eigenvalue weighted by atomic mass is 10.0. The molecule has 0 saturated carbocycles. The van der Waals surface area contributed by atoms with Gasteiger partial charge in [-0.3, -0.25) is 14.4 Å². The first-order valence-electron chi connectivity index (χ1n) is 10.9. The van der Waals surface area contributed by atoms with E-state index in [-0.39, 0.29) is 30.7 Å². The largest absolute Gasteiger partial charge is 0.494 e. The molecule has 1 aliphatic heterocycles. The molecule has 2 unspecified atom stereocenters. The number of hydrogen-bond donors (Lipinski definition) is 3. The summed E-state index contributed by atoms with van der Waals surface area (Å²) >= 11 is 0. The van der Waals surface area contributed by atoms with Crippen molar-refractivity contribution in [2.75, 3.05) is 18.5 Å². The van der Waals surface area contributed by atoms with Crippen molar-refractivity contribution in [1.29, 1.82) is 0 Å². The van der Waals surface area contributed by atoms with Crippen LogP contribution in [-0.4, -0.2) is 38.9 Å². The number of ether oxygens (including phenoxy) is 1. The predicted octanol–water partition coefficient (Wildman–Crippen LogP) is 2.56. The lowest BCUT2D eigenvalue weighted by Gasteiger charge is -2.21. The van der Waals surface area contributed by atoms with Gasteiger partial charge in [-0.05, 0) is 36.8 Å². The SMILES string of the molecule is CCOc1ccc(C(NC(=O)C2CNC(=O)C2)C(=O)Nc2ccc([Si](C)(C)C)cc2)cc1. The summed E-state index contributed by atoms with van der Waals surface area (Å²) in [6.45, 7) is 9.51. The molecule has 1 aliphatic rings. The molecule has 1 saturated heterocycles. The minimum absolute atomic E-state index is 0.127. The zero-order valence-corrected chi connectivity index (χ0v) is 20.0. The lowest BCUT2D eigenvalue weighted by molar-refractivity contribution is -0.129. The van der Waals surface area contributed by atoms with Crippen molar-refractivity contribution in [2.45, 2.75) is 39.0 Å². The Morgan fingerprint density at radius 3 is 2.28 bits per heavy atom. The topological polar surface area (TPSA) is 96.5 Å². The summed E-state index contributed by atoms with van der Waals surface area (Å²) in [5, 5.41) is 9.69. The van der Waals surface area contributed by atoms with E-state index in [0.29, 0.717) is 23.6 Å². The van der Waals surface area contributed by atoms with Crippen molar-refractivity contribution in [1.82, 2.24) is 10.6 Å². The first-order chi connectivity index (χ1) is 15.2. The Bertz CT molecular complexity index is 968. The number of nitrogens with one attached hydrogen (secondary N) is 3. The molecule has 0 aromatic heterocycles. The molecule has 3 amide bonds. The van der Waals surface area contributed by atoms with Gasteiger partial charge in [0.15, 0.2) is 0 Å². The Balaban J connectivity index is 1.79. The highest BCUT2D eigenvalue weighted by atomic mass is 28.3. The van der Waals surface area contributed by atoms with Crippen LogP contribution in [-0.2, 0) is 14.4 Å². The van der Waals surface area contributed by atoms with E-state index < -0.39 is 20.0 Å². The molecule has 1 heterocycles. The highest BCUT2D eigenvalue weighted by Crippen LogP contribution is 2.21. The van der Waals surface area contributed by atoms with E-state index in [2.05, 4.69) is 35.6 Å². The van der Waals surface area contributed by atoms with Crippen LogP contribution >= 0.6 is 0 Å². The maximum atomic E-state index is 13.2. The molecule has 0 bridgehead atoms. The van der Waals surface area contributed by atoms with Gasteiger partial charge in [-0.2, -0.15) is 0 Å². The average molecular weight is 454 g/mol. The van der Waals surface area contributed by atoms with Crippen LogP contribution in [0.25, 0.3) is 0 Å². The van der Waals surface area contributed by atoms with Crippen molar-refractivity contribution in [3.63, 3.8) is 0 Å². The normalized spacial score (nSPS) is 16.8. The highest BCUT2D eigenvalue weighted by molar-refractivity contribution is 6.88. The van der Waals surface area contributed by atoms with Crippen LogP contribution in [0.4, 0.5) is 5.69 Å². The number of benzene rings is 2. The highest BCUT2D eigenvalue weighted by Gasteiger charge is 2.31. The molecule has 0 aliphatic carbocycles. The molecule has 32 heavy (non-hydrogen) atoms. The van der Waals surface area contributed by atoms with Crippen LogP contribution in [0, 0.1) is 5.92 Å². The van der Waals surface area contributed by atoms with E-state index in [9.17, 15) is 14.4 Å². The lowest BCUT2D eigenvalue weighted by Crippen LogP contribution is -2.40. The summed E-state index contributed by atoms with van der Waals surface area (Å²) in [7, 11) is -1.44. The van der Waals surface area contributed by atoms with Crippen molar-refractivity contribution in [3.8, 4) is 5.75 Å². The predicted molar refractivity (Wildman–Crippen MR) is 128 cm³/mol. The average Bonchev–Trinajstić information content (AvgIpc) is 3.19. The number of anilines is 1. The van der Waals surface area contributed by atoms with Gasteiger partial charge in [0.1, 0.15) is 11.8 Å². The van der Waals surface area contributed by atoms with Crippen LogP contribution in [0.5, 0.6) is 5.75 Å². The first kappa shape index (κ1) is 23.5. The van der Waals surface area contributed by atoms with Gasteiger partial charge in [0, 0.05) is 18.7 Å². The standard InChI is InChI=1S/C24H31N3O4Si/c1-5-31-19-10-6-16(7-11-19)22(27-23(29)17-14-21(28)25-15-17)24(30)26-18-8-12-20(13-9-18)32(2,3)4/h6-13,17,22H,5,14-15H2,1-4H3,(H,25,28)(H,26,30)(H,27,29). The molecule has 0 radical (unpaired) electrons. The summed E-state index contributed by atoms with van der Waals surface area (Å²) in [6.07, 6.45) is 0.127. The molecular weight excluding hydrogens is 422 g/mol. The fourth-order valence-corrected chi connectivity index (χ4v) is 4.71. The van der Waals surface area contributed by atoms with Gasteiger partial charge >= 0.3 is 0 Å². The van der Waals surface area contributed by atoms with Gasteiger partial charge < -0.3 is 20.7 Å². The molecule has 1 fully saturated rings. The second kappa shape index (κ2) is 9.99. The van der Waals surface area contributed by atoms with Crippen LogP contribution < -0.4 is 25.9 Å². The maximum absolute atomic E-state index is 13.2. The second-order valence-corrected chi connectivity index (χ2v) is 14.0. The quantitative estimate of drug-likeness (QED) is 0.535. The van der Waals surface area contributed by atoms with Crippen molar-refractivity contribution >= 4 is 36.7 Å². The molecule has 2 atom stereocenters. The fraction of sp³-hybridized carbons (Fsp3) is 0.375. The van der Waals surface area contributed by atoms with Crippen LogP contribution in [0.2, 0.25) is 19.6 Å². The van der Waals surface area contributed by atoms with Crippen LogP contribution in [0.1, 0.15) is 24.9 Å². The van der Waals surface area contributed by atoms with E-state index >= 15 is 0 Å². The first-order valence-corrected chi connectivity index (χ1v) is 14.4. The zero-order chi connectivity index (χ0) is 23.3. The third-order valence-electron chi connectivity index (χ3n) is 5.44. The summed E-state index contributed by atoms with van der Waals surface area (Å²) in [5.41, 5.74) is 1.30. The molecule has 0 spiro atoms. The maximum Gasteiger partial charge on any atom is 0.251 e. The molecule has 8 heteroatoms. The van der Waals surface area contributed by atoms with Gasteiger partial charge in [-0.25, -0.2) is 0 Å². The van der Waals surface area contributed by atoms with Gasteiger partial charge in [-0.1, -0.05) is 49.1 Å².